The lowest BCUT2D eigenvalue weighted by molar-refractivity contribution is 0.207. The first kappa shape index (κ1) is 51.5. The van der Waals surface area contributed by atoms with Crippen LogP contribution in [0.1, 0.15) is 198 Å². The molecule has 3 N–H and O–H groups in total. The Labute approximate surface area is 367 Å². The van der Waals surface area contributed by atoms with Crippen molar-refractivity contribution in [2.45, 2.75) is 193 Å². The van der Waals surface area contributed by atoms with Gasteiger partial charge < -0.3 is 29.5 Å². The smallest absolute Gasteiger partial charge is 0.119 e. The molecular formula is C54H88O6. The van der Waals surface area contributed by atoms with E-state index in [2.05, 4.69) is 80.6 Å². The molecule has 1 aliphatic carbocycles. The van der Waals surface area contributed by atoms with Crippen LogP contribution >= 0.6 is 0 Å². The van der Waals surface area contributed by atoms with Crippen molar-refractivity contribution in [3.05, 3.63) is 83.6 Å². The first-order chi connectivity index (χ1) is 29.5. The van der Waals surface area contributed by atoms with Gasteiger partial charge in [0, 0.05) is 25.2 Å². The molecule has 0 amide bonds. The number of hydrogen-bond donors (Lipinski definition) is 3. The number of rotatable bonds is 39. The molecule has 0 bridgehead atoms. The minimum absolute atomic E-state index is 0.241. The Hall–Kier alpha value is -2.80. The third-order valence-electron chi connectivity index (χ3n) is 12.7. The molecule has 6 heteroatoms. The van der Waals surface area contributed by atoms with Crippen LogP contribution in [0.4, 0.5) is 0 Å². The Balaban J connectivity index is 1.54. The highest BCUT2D eigenvalue weighted by Crippen LogP contribution is 2.46. The van der Waals surface area contributed by atoms with E-state index in [0.29, 0.717) is 19.8 Å². The summed E-state index contributed by atoms with van der Waals surface area (Å²) in [5, 5.41) is 26.9. The predicted molar refractivity (Wildman–Crippen MR) is 252 cm³/mol. The van der Waals surface area contributed by atoms with Crippen molar-refractivity contribution in [2.75, 3.05) is 39.6 Å². The number of unbranched alkanes of at least 4 members (excludes halogenated alkanes) is 24. The maximum atomic E-state index is 8.95. The number of aliphatic hydroxyl groups excluding tert-OH is 3. The van der Waals surface area contributed by atoms with E-state index < -0.39 is 0 Å². The molecule has 60 heavy (non-hydrogen) atoms. The summed E-state index contributed by atoms with van der Waals surface area (Å²) in [6, 6.07) is 17.7. The van der Waals surface area contributed by atoms with Gasteiger partial charge in [0.15, 0.2) is 0 Å². The SMILES string of the molecule is CC1C=C(OCCCCCCCCCCCO)C=CC1C(C)(c1ccc(OCCCCCCCCCCCO)cc1)c1ccc(OCCCCCCCCCCCO)cc1. The van der Waals surface area contributed by atoms with Crippen LogP contribution in [0.5, 0.6) is 11.5 Å². The summed E-state index contributed by atoms with van der Waals surface area (Å²) in [6.45, 7) is 7.97. The van der Waals surface area contributed by atoms with E-state index >= 15 is 0 Å². The number of benzene rings is 2. The summed E-state index contributed by atoms with van der Waals surface area (Å²) in [5.41, 5.74) is 2.29. The number of aliphatic hydroxyl groups is 3. The average Bonchev–Trinajstić information content (AvgIpc) is 3.26. The van der Waals surface area contributed by atoms with Crippen LogP contribution in [0.15, 0.2) is 72.5 Å². The van der Waals surface area contributed by atoms with Gasteiger partial charge >= 0.3 is 0 Å². The largest absolute Gasteiger partial charge is 0.494 e. The molecule has 0 saturated carbocycles. The zero-order chi connectivity index (χ0) is 42.8. The van der Waals surface area contributed by atoms with Gasteiger partial charge in [0.25, 0.3) is 0 Å². The molecule has 0 saturated heterocycles. The van der Waals surface area contributed by atoms with Crippen molar-refractivity contribution < 1.29 is 29.5 Å². The van der Waals surface area contributed by atoms with Crippen LogP contribution in [0.25, 0.3) is 0 Å². The minimum Gasteiger partial charge on any atom is -0.494 e. The van der Waals surface area contributed by atoms with E-state index in [1.165, 1.54) is 127 Å². The molecular weight excluding hydrogens is 745 g/mol. The molecule has 0 aromatic heterocycles. The van der Waals surface area contributed by atoms with E-state index in [0.717, 1.165) is 94.9 Å². The van der Waals surface area contributed by atoms with Crippen LogP contribution in [-0.2, 0) is 10.2 Å². The molecule has 3 rings (SSSR count). The first-order valence-electron chi connectivity index (χ1n) is 24.8. The standard InChI is InChI=1S/C54H88O6/c1-47-46-52(60-45-29-23-17-11-5-8-14-20-26-42-57)38-39-53(47)54(2,48-30-34-50(35-31-48)58-43-27-21-15-9-3-6-12-18-24-40-55)49-32-36-51(37-33-49)59-44-28-22-16-10-4-7-13-19-25-41-56/h30-39,46-47,53,55-57H,3-29,40-45H2,1-2H3. The monoisotopic (exact) mass is 833 g/mol. The van der Waals surface area contributed by atoms with Crippen molar-refractivity contribution >= 4 is 0 Å². The van der Waals surface area contributed by atoms with Gasteiger partial charge in [0.05, 0.1) is 19.8 Å². The highest BCUT2D eigenvalue weighted by Gasteiger charge is 2.40. The van der Waals surface area contributed by atoms with Gasteiger partial charge in [-0.05, 0) is 97.9 Å². The summed E-state index contributed by atoms with van der Waals surface area (Å²) in [6.07, 6.45) is 39.2. The van der Waals surface area contributed by atoms with Crippen molar-refractivity contribution in [1.29, 1.82) is 0 Å². The van der Waals surface area contributed by atoms with Crippen molar-refractivity contribution in [2.24, 2.45) is 11.8 Å². The molecule has 0 spiro atoms. The quantitative estimate of drug-likeness (QED) is 0.0582. The lowest BCUT2D eigenvalue weighted by atomic mass is 9.62. The fourth-order valence-electron chi connectivity index (χ4n) is 8.88. The van der Waals surface area contributed by atoms with Crippen LogP contribution in [-0.4, -0.2) is 55.0 Å². The molecule has 0 radical (unpaired) electrons. The Morgan fingerprint density at radius 2 is 0.717 bits per heavy atom. The van der Waals surface area contributed by atoms with Crippen LogP contribution in [0.3, 0.4) is 0 Å². The van der Waals surface area contributed by atoms with Crippen molar-refractivity contribution in [3.8, 4) is 11.5 Å². The van der Waals surface area contributed by atoms with Crippen LogP contribution in [0, 0.1) is 11.8 Å². The molecule has 340 valence electrons. The summed E-state index contributed by atoms with van der Waals surface area (Å²) >= 11 is 0. The van der Waals surface area contributed by atoms with Gasteiger partial charge in [0.1, 0.15) is 17.3 Å². The average molecular weight is 833 g/mol. The molecule has 2 aromatic rings. The van der Waals surface area contributed by atoms with Gasteiger partial charge in [-0.1, -0.05) is 179 Å². The maximum Gasteiger partial charge on any atom is 0.119 e. The Kier molecular flexibility index (Phi) is 29.0. The van der Waals surface area contributed by atoms with Gasteiger partial charge in [-0.25, -0.2) is 0 Å². The van der Waals surface area contributed by atoms with Gasteiger partial charge in [0.2, 0.25) is 0 Å². The zero-order valence-corrected chi connectivity index (χ0v) is 38.4. The predicted octanol–water partition coefficient (Wildman–Crippen LogP) is 14.0. The van der Waals surface area contributed by atoms with E-state index in [9.17, 15) is 0 Å². The Bertz CT molecular complexity index is 1280. The second-order valence-corrected chi connectivity index (χ2v) is 17.8. The van der Waals surface area contributed by atoms with E-state index in [1.54, 1.807) is 0 Å². The summed E-state index contributed by atoms with van der Waals surface area (Å²) in [5.74, 6) is 3.40. The molecule has 2 atom stereocenters. The molecule has 0 fully saturated rings. The van der Waals surface area contributed by atoms with Gasteiger partial charge in [-0.15, -0.1) is 0 Å². The van der Waals surface area contributed by atoms with Crippen molar-refractivity contribution in [3.63, 3.8) is 0 Å². The summed E-state index contributed by atoms with van der Waals surface area (Å²) < 4.78 is 18.8. The summed E-state index contributed by atoms with van der Waals surface area (Å²) in [4.78, 5) is 0. The number of ether oxygens (including phenoxy) is 3. The third-order valence-corrected chi connectivity index (χ3v) is 12.7. The van der Waals surface area contributed by atoms with E-state index in [4.69, 9.17) is 29.5 Å². The lowest BCUT2D eigenvalue weighted by Crippen LogP contribution is -2.37. The molecule has 0 aliphatic heterocycles. The second-order valence-electron chi connectivity index (χ2n) is 17.8. The second kappa shape index (κ2) is 33.8. The van der Waals surface area contributed by atoms with Gasteiger partial charge in [-0.3, -0.25) is 0 Å². The topological polar surface area (TPSA) is 88.4 Å². The Morgan fingerprint density at radius 1 is 0.417 bits per heavy atom. The third kappa shape index (κ3) is 21.3. The fourth-order valence-corrected chi connectivity index (χ4v) is 8.88. The van der Waals surface area contributed by atoms with Crippen molar-refractivity contribution in [1.82, 2.24) is 0 Å². The Morgan fingerprint density at radius 3 is 1.03 bits per heavy atom. The lowest BCUT2D eigenvalue weighted by Gasteiger charge is -2.41. The molecule has 6 nitrogen and oxygen atoms in total. The van der Waals surface area contributed by atoms with Gasteiger partial charge in [-0.2, -0.15) is 0 Å². The van der Waals surface area contributed by atoms with E-state index in [-0.39, 0.29) is 17.3 Å². The van der Waals surface area contributed by atoms with E-state index in [1.807, 2.05) is 0 Å². The molecule has 2 unspecified atom stereocenters. The van der Waals surface area contributed by atoms with Crippen LogP contribution < -0.4 is 9.47 Å². The van der Waals surface area contributed by atoms with Crippen LogP contribution in [0.2, 0.25) is 0 Å². The highest BCUT2D eigenvalue weighted by atomic mass is 16.5. The number of hydrogen-bond acceptors (Lipinski definition) is 6. The maximum absolute atomic E-state index is 8.95. The minimum atomic E-state index is -0.275. The first-order valence-corrected chi connectivity index (χ1v) is 24.8. The number of allylic oxidation sites excluding steroid dienone is 3. The zero-order valence-electron chi connectivity index (χ0n) is 38.4. The summed E-state index contributed by atoms with van der Waals surface area (Å²) in [7, 11) is 0. The molecule has 2 aromatic carbocycles. The highest BCUT2D eigenvalue weighted by molar-refractivity contribution is 5.46. The normalized spacial score (nSPS) is 15.3. The fraction of sp³-hybridized carbons (Fsp3) is 0.704. The molecule has 1 aliphatic rings. The molecule has 0 heterocycles.